The quantitative estimate of drug-likeness (QED) is 0.613. The van der Waals surface area contributed by atoms with Gasteiger partial charge in [-0.05, 0) is 32.0 Å². The summed E-state index contributed by atoms with van der Waals surface area (Å²) in [4.78, 5) is 0. The molecule has 0 spiro atoms. The third-order valence-electron chi connectivity index (χ3n) is 4.21. The molecule has 1 aromatic heterocycles. The highest BCUT2D eigenvalue weighted by atomic mass is 15.5. The van der Waals surface area contributed by atoms with Gasteiger partial charge >= 0.3 is 0 Å². The van der Waals surface area contributed by atoms with Crippen LogP contribution in [0.2, 0.25) is 0 Å². The Kier molecular flexibility index (Phi) is 7.37. The number of hydrogen-bond donors (Lipinski definition) is 1. The van der Waals surface area contributed by atoms with Crippen molar-refractivity contribution in [1.29, 1.82) is 0 Å². The molecule has 0 aliphatic rings. The number of nitrogens with zero attached hydrogens (tertiary/aromatic N) is 3. The zero-order valence-corrected chi connectivity index (χ0v) is 14.1. The number of aromatic nitrogens is 3. The highest BCUT2D eigenvalue weighted by Crippen LogP contribution is 2.13. The Labute approximate surface area is 134 Å². The molecule has 1 aromatic carbocycles. The van der Waals surface area contributed by atoms with Gasteiger partial charge in [0.05, 0.1) is 5.52 Å². The van der Waals surface area contributed by atoms with Gasteiger partial charge in [0, 0.05) is 0 Å². The molecule has 0 saturated heterocycles. The molecule has 2 rings (SSSR count). The number of para-hydroxylation sites is 1. The summed E-state index contributed by atoms with van der Waals surface area (Å²) in [5.74, 6) is 0. The molecule has 0 fully saturated rings. The van der Waals surface area contributed by atoms with Crippen molar-refractivity contribution in [2.75, 3.05) is 6.54 Å². The van der Waals surface area contributed by atoms with Crippen molar-refractivity contribution in [2.24, 2.45) is 0 Å². The lowest BCUT2D eigenvalue weighted by Gasteiger charge is -2.14. The number of rotatable bonds is 11. The minimum absolute atomic E-state index is 0.192. The lowest BCUT2D eigenvalue weighted by molar-refractivity contribution is 0.395. The van der Waals surface area contributed by atoms with E-state index in [0.29, 0.717) is 0 Å². The van der Waals surface area contributed by atoms with E-state index in [2.05, 4.69) is 35.5 Å². The third kappa shape index (κ3) is 5.09. The SMILES string of the molecule is CCCCCCCCCCNC(C)n1nnc2ccccc21. The van der Waals surface area contributed by atoms with E-state index in [4.69, 9.17) is 0 Å². The molecule has 1 N–H and O–H groups in total. The monoisotopic (exact) mass is 302 g/mol. The topological polar surface area (TPSA) is 42.7 Å². The molecule has 0 aliphatic heterocycles. The molecule has 0 amide bonds. The zero-order chi connectivity index (χ0) is 15.6. The summed E-state index contributed by atoms with van der Waals surface area (Å²) in [6, 6.07) is 8.11. The smallest absolute Gasteiger partial charge is 0.113 e. The van der Waals surface area contributed by atoms with E-state index in [1.54, 1.807) is 0 Å². The summed E-state index contributed by atoms with van der Waals surface area (Å²) < 4.78 is 1.97. The van der Waals surface area contributed by atoms with E-state index in [9.17, 15) is 0 Å². The molecule has 4 heteroatoms. The second kappa shape index (κ2) is 9.57. The number of hydrogen-bond acceptors (Lipinski definition) is 3. The van der Waals surface area contributed by atoms with E-state index in [1.165, 1.54) is 51.4 Å². The maximum atomic E-state index is 4.26. The molecule has 0 saturated carbocycles. The van der Waals surface area contributed by atoms with E-state index in [0.717, 1.165) is 17.6 Å². The first-order chi connectivity index (χ1) is 10.8. The minimum Gasteiger partial charge on any atom is -0.296 e. The maximum Gasteiger partial charge on any atom is 0.113 e. The molecular weight excluding hydrogens is 272 g/mol. The fourth-order valence-corrected chi connectivity index (χ4v) is 2.83. The second-order valence-electron chi connectivity index (χ2n) is 6.13. The van der Waals surface area contributed by atoms with Gasteiger partial charge in [-0.25, -0.2) is 4.68 Å². The molecule has 0 bridgehead atoms. The van der Waals surface area contributed by atoms with Crippen molar-refractivity contribution in [2.45, 2.75) is 71.4 Å². The lowest BCUT2D eigenvalue weighted by atomic mass is 10.1. The Bertz CT molecular complexity index is 535. The number of fused-ring (bicyclic) bond motifs is 1. The zero-order valence-electron chi connectivity index (χ0n) is 14.1. The van der Waals surface area contributed by atoms with E-state index in [-0.39, 0.29) is 6.17 Å². The van der Waals surface area contributed by atoms with Crippen LogP contribution in [0.5, 0.6) is 0 Å². The Morgan fingerprint density at radius 3 is 2.45 bits per heavy atom. The van der Waals surface area contributed by atoms with Crippen LogP contribution < -0.4 is 5.32 Å². The fraction of sp³-hybridized carbons (Fsp3) is 0.667. The van der Waals surface area contributed by atoms with Crippen LogP contribution in [-0.4, -0.2) is 21.5 Å². The Hall–Kier alpha value is -1.42. The summed E-state index contributed by atoms with van der Waals surface area (Å²) >= 11 is 0. The van der Waals surface area contributed by atoms with Gasteiger partial charge in [0.15, 0.2) is 0 Å². The Morgan fingerprint density at radius 2 is 1.68 bits per heavy atom. The molecule has 1 unspecified atom stereocenters. The molecule has 0 radical (unpaired) electrons. The molecule has 122 valence electrons. The van der Waals surface area contributed by atoms with Gasteiger partial charge in [-0.3, -0.25) is 5.32 Å². The first-order valence-electron chi connectivity index (χ1n) is 8.86. The summed E-state index contributed by atoms with van der Waals surface area (Å²) in [6.07, 6.45) is 11.1. The summed E-state index contributed by atoms with van der Waals surface area (Å²) in [5, 5.41) is 12.0. The van der Waals surface area contributed by atoms with Gasteiger partial charge in [0.25, 0.3) is 0 Å². The number of benzene rings is 1. The molecule has 1 heterocycles. The second-order valence-corrected chi connectivity index (χ2v) is 6.13. The highest BCUT2D eigenvalue weighted by molar-refractivity contribution is 5.73. The first-order valence-corrected chi connectivity index (χ1v) is 8.86. The Balaban J connectivity index is 1.61. The van der Waals surface area contributed by atoms with Crippen LogP contribution in [0, 0.1) is 0 Å². The van der Waals surface area contributed by atoms with Crippen molar-refractivity contribution in [3.63, 3.8) is 0 Å². The largest absolute Gasteiger partial charge is 0.296 e. The van der Waals surface area contributed by atoms with E-state index < -0.39 is 0 Å². The summed E-state index contributed by atoms with van der Waals surface area (Å²) in [7, 11) is 0. The van der Waals surface area contributed by atoms with Gasteiger partial charge in [0.1, 0.15) is 11.7 Å². The average molecular weight is 302 g/mol. The molecule has 22 heavy (non-hydrogen) atoms. The van der Waals surface area contributed by atoms with Crippen LogP contribution in [0.3, 0.4) is 0 Å². The first kappa shape index (κ1) is 16.9. The molecule has 2 aromatic rings. The van der Waals surface area contributed by atoms with Gasteiger partial charge in [-0.2, -0.15) is 0 Å². The van der Waals surface area contributed by atoms with Crippen LogP contribution in [0.1, 0.15) is 71.4 Å². The van der Waals surface area contributed by atoms with Crippen LogP contribution in [0.4, 0.5) is 0 Å². The summed E-state index contributed by atoms with van der Waals surface area (Å²) in [6.45, 7) is 5.46. The summed E-state index contributed by atoms with van der Waals surface area (Å²) in [5.41, 5.74) is 2.06. The van der Waals surface area contributed by atoms with Crippen LogP contribution in [0.25, 0.3) is 11.0 Å². The molecule has 0 aliphatic carbocycles. The minimum atomic E-state index is 0.192. The van der Waals surface area contributed by atoms with Crippen LogP contribution in [-0.2, 0) is 0 Å². The number of nitrogens with one attached hydrogen (secondary N) is 1. The number of unbranched alkanes of at least 4 members (excludes halogenated alkanes) is 7. The lowest BCUT2D eigenvalue weighted by Crippen LogP contribution is -2.25. The van der Waals surface area contributed by atoms with Crippen LogP contribution in [0.15, 0.2) is 24.3 Å². The van der Waals surface area contributed by atoms with Crippen molar-refractivity contribution < 1.29 is 0 Å². The van der Waals surface area contributed by atoms with E-state index >= 15 is 0 Å². The van der Waals surface area contributed by atoms with Gasteiger partial charge < -0.3 is 0 Å². The van der Waals surface area contributed by atoms with E-state index in [1.807, 2.05) is 22.9 Å². The third-order valence-corrected chi connectivity index (χ3v) is 4.21. The van der Waals surface area contributed by atoms with Crippen molar-refractivity contribution >= 4 is 11.0 Å². The normalized spacial score (nSPS) is 12.8. The fourth-order valence-electron chi connectivity index (χ4n) is 2.83. The molecule has 4 nitrogen and oxygen atoms in total. The van der Waals surface area contributed by atoms with Gasteiger partial charge in [0.2, 0.25) is 0 Å². The predicted molar refractivity (Wildman–Crippen MR) is 92.9 cm³/mol. The van der Waals surface area contributed by atoms with Crippen molar-refractivity contribution in [1.82, 2.24) is 20.3 Å². The van der Waals surface area contributed by atoms with Crippen molar-refractivity contribution in [3.05, 3.63) is 24.3 Å². The average Bonchev–Trinajstić information content (AvgIpc) is 2.97. The molecule has 1 atom stereocenters. The van der Waals surface area contributed by atoms with Crippen molar-refractivity contribution in [3.8, 4) is 0 Å². The van der Waals surface area contributed by atoms with Gasteiger partial charge in [-0.1, -0.05) is 69.2 Å². The predicted octanol–water partition coefficient (Wildman–Crippen LogP) is 4.68. The Morgan fingerprint density at radius 1 is 1.00 bits per heavy atom. The van der Waals surface area contributed by atoms with Gasteiger partial charge in [-0.15, -0.1) is 5.10 Å². The standard InChI is InChI=1S/C18H30N4/c1-3-4-5-6-7-8-9-12-15-19-16(2)22-18-14-11-10-13-17(18)20-21-22/h10-11,13-14,16,19H,3-9,12,15H2,1-2H3. The highest BCUT2D eigenvalue weighted by Gasteiger charge is 2.09. The molecular formula is C18H30N4. The van der Waals surface area contributed by atoms with Crippen LogP contribution >= 0.6 is 0 Å². The maximum absolute atomic E-state index is 4.26.